The summed E-state index contributed by atoms with van der Waals surface area (Å²) >= 11 is 0. The highest BCUT2D eigenvalue weighted by Gasteiger charge is 2.29. The Morgan fingerprint density at radius 3 is 2.22 bits per heavy atom. The Morgan fingerprint density at radius 1 is 0.870 bits per heavy atom. The fraction of sp³-hybridized carbons (Fsp3) is 0.171. The summed E-state index contributed by atoms with van der Waals surface area (Å²) in [4.78, 5) is 45.6. The van der Waals surface area contributed by atoms with Crippen molar-refractivity contribution < 1.29 is 33.3 Å². The number of halogens is 1. The van der Waals surface area contributed by atoms with Gasteiger partial charge >= 0.3 is 5.97 Å². The van der Waals surface area contributed by atoms with E-state index in [-0.39, 0.29) is 28.8 Å². The molecule has 0 aliphatic heterocycles. The van der Waals surface area contributed by atoms with Crippen molar-refractivity contribution in [2.45, 2.75) is 13.1 Å². The smallest absolute Gasteiger partial charge is 0.335 e. The topological polar surface area (TPSA) is 121 Å². The summed E-state index contributed by atoms with van der Waals surface area (Å²) in [5, 5.41) is 9.62. The second-order valence-electron chi connectivity index (χ2n) is 10.5. The van der Waals surface area contributed by atoms with Gasteiger partial charge in [0.25, 0.3) is 11.5 Å². The van der Waals surface area contributed by atoms with E-state index in [2.05, 4.69) is 4.98 Å². The highest BCUT2D eigenvalue weighted by molar-refractivity contribution is 6.11. The fourth-order valence-corrected chi connectivity index (χ4v) is 5.32. The molecule has 0 aliphatic rings. The number of amides is 1. The number of hydrogen-bond donors (Lipinski definition) is 2. The number of carbonyl (C=O) groups excluding carboxylic acids is 1. The molecule has 5 aromatic rings. The number of anilines is 2. The number of aromatic amines is 1. The number of benzene rings is 4. The minimum absolute atomic E-state index is 0.0157. The fourth-order valence-electron chi connectivity index (χ4n) is 5.32. The molecule has 0 unspecified atom stereocenters. The van der Waals surface area contributed by atoms with Crippen LogP contribution in [-0.2, 0) is 13.1 Å². The zero-order valence-electron chi connectivity index (χ0n) is 25.7. The number of rotatable bonds is 11. The van der Waals surface area contributed by atoms with Gasteiger partial charge in [-0.15, -0.1) is 0 Å². The lowest BCUT2D eigenvalue weighted by atomic mass is 10.1. The van der Waals surface area contributed by atoms with Gasteiger partial charge in [-0.1, -0.05) is 30.3 Å². The minimum atomic E-state index is -1.14. The van der Waals surface area contributed by atoms with Crippen molar-refractivity contribution in [1.82, 2.24) is 4.98 Å². The Hall–Kier alpha value is -5.84. The van der Waals surface area contributed by atoms with Crippen molar-refractivity contribution >= 4 is 34.2 Å². The maximum atomic E-state index is 15.2. The molecule has 10 nitrogen and oxygen atoms in total. The van der Waals surface area contributed by atoms with Crippen molar-refractivity contribution in [2.24, 2.45) is 0 Å². The molecule has 236 valence electrons. The van der Waals surface area contributed by atoms with Crippen molar-refractivity contribution in [2.75, 3.05) is 38.2 Å². The summed E-state index contributed by atoms with van der Waals surface area (Å²) in [6.45, 7) is 0.349. The first-order chi connectivity index (χ1) is 22.1. The predicted molar refractivity (Wildman–Crippen MR) is 173 cm³/mol. The highest BCUT2D eigenvalue weighted by Crippen LogP contribution is 2.35. The molecule has 5 rings (SSSR count). The van der Waals surface area contributed by atoms with Gasteiger partial charge in [0.15, 0.2) is 0 Å². The molecule has 0 aliphatic carbocycles. The first-order valence-electron chi connectivity index (χ1n) is 14.2. The number of carboxylic acids is 1. The van der Waals surface area contributed by atoms with E-state index in [0.29, 0.717) is 40.5 Å². The molecule has 0 radical (unpaired) electrons. The van der Waals surface area contributed by atoms with E-state index in [0.717, 1.165) is 5.56 Å². The second kappa shape index (κ2) is 13.4. The van der Waals surface area contributed by atoms with Crippen molar-refractivity contribution in [1.29, 1.82) is 0 Å². The summed E-state index contributed by atoms with van der Waals surface area (Å²) in [5.41, 5.74) is 1.47. The molecular formula is C35H32FN3O7. The highest BCUT2D eigenvalue weighted by atomic mass is 19.1. The number of pyridine rings is 1. The van der Waals surface area contributed by atoms with E-state index < -0.39 is 23.3 Å². The van der Waals surface area contributed by atoms with Crippen molar-refractivity contribution in [3.8, 4) is 17.2 Å². The normalized spacial score (nSPS) is 10.8. The number of fused-ring (bicyclic) bond motifs is 1. The average molecular weight is 626 g/mol. The minimum Gasteiger partial charge on any atom is -0.497 e. The third kappa shape index (κ3) is 6.34. The first kappa shape index (κ1) is 31.6. The summed E-state index contributed by atoms with van der Waals surface area (Å²) in [6.07, 6.45) is 0. The van der Waals surface area contributed by atoms with Gasteiger partial charge in [-0.3, -0.25) is 9.59 Å². The summed E-state index contributed by atoms with van der Waals surface area (Å²) in [6, 6.07) is 22.8. The molecule has 0 bridgehead atoms. The van der Waals surface area contributed by atoms with E-state index in [4.69, 9.17) is 14.2 Å². The molecule has 1 amide bonds. The Balaban J connectivity index is 1.65. The molecule has 2 N–H and O–H groups in total. The number of nitrogens with zero attached hydrogens (tertiary/aromatic N) is 2. The van der Waals surface area contributed by atoms with E-state index in [1.165, 1.54) is 62.6 Å². The van der Waals surface area contributed by atoms with Crippen LogP contribution in [0.25, 0.3) is 10.9 Å². The van der Waals surface area contributed by atoms with E-state index >= 15 is 4.39 Å². The number of hydrogen-bond acceptors (Lipinski definition) is 7. The van der Waals surface area contributed by atoms with Crippen LogP contribution < -0.4 is 29.6 Å². The summed E-state index contributed by atoms with van der Waals surface area (Å²) < 4.78 is 31.7. The standard InChI is InChI=1S/C35H32FN3O7/c1-38(19-21-8-6-5-7-9-21)28-17-24(36)16-27-31(28)37-33(40)30(32(27)46-4)34(41)39(25-13-10-22(11-14-25)35(42)43)20-23-12-15-26(44-2)18-29(23)45-3/h5-18H,19-20H2,1-4H3,(H,37,40)(H,42,43). The molecule has 0 fully saturated rings. The third-order valence-corrected chi connectivity index (χ3v) is 7.61. The van der Waals surface area contributed by atoms with Gasteiger partial charge in [-0.25, -0.2) is 9.18 Å². The van der Waals surface area contributed by atoms with Crippen LogP contribution >= 0.6 is 0 Å². The Morgan fingerprint density at radius 2 is 1.59 bits per heavy atom. The van der Waals surface area contributed by atoms with Gasteiger partial charge < -0.3 is 34.1 Å². The van der Waals surface area contributed by atoms with Crippen LogP contribution in [0.15, 0.2) is 89.7 Å². The van der Waals surface area contributed by atoms with Crippen LogP contribution in [-0.4, -0.2) is 50.3 Å². The maximum Gasteiger partial charge on any atom is 0.335 e. The predicted octanol–water partition coefficient (Wildman–Crippen LogP) is 5.87. The molecule has 46 heavy (non-hydrogen) atoms. The van der Waals surface area contributed by atoms with Crippen LogP contribution in [0.2, 0.25) is 0 Å². The Labute approximate surface area is 264 Å². The van der Waals surface area contributed by atoms with Crippen LogP contribution in [0.4, 0.5) is 15.8 Å². The molecule has 0 atom stereocenters. The summed E-state index contributed by atoms with van der Waals surface area (Å²) in [5.74, 6) is -1.63. The zero-order valence-corrected chi connectivity index (χ0v) is 25.7. The van der Waals surface area contributed by atoms with Crippen LogP contribution in [0.1, 0.15) is 31.8 Å². The molecule has 0 spiro atoms. The van der Waals surface area contributed by atoms with Gasteiger partial charge in [0.1, 0.15) is 28.6 Å². The van der Waals surface area contributed by atoms with Gasteiger partial charge in [0.05, 0.1) is 44.6 Å². The molecule has 11 heteroatoms. The van der Waals surface area contributed by atoms with E-state index in [1.54, 1.807) is 30.1 Å². The Kier molecular flexibility index (Phi) is 9.22. The molecule has 1 aromatic heterocycles. The number of aromatic nitrogens is 1. The molecule has 1 heterocycles. The number of ether oxygens (including phenoxy) is 3. The van der Waals surface area contributed by atoms with Crippen molar-refractivity contribution in [3.63, 3.8) is 0 Å². The third-order valence-electron chi connectivity index (χ3n) is 7.61. The zero-order chi connectivity index (χ0) is 33.0. The lowest BCUT2D eigenvalue weighted by molar-refractivity contribution is 0.0696. The molecule has 0 saturated carbocycles. The SMILES string of the molecule is COc1ccc(CN(C(=O)c2c(OC)c3cc(F)cc(N(C)Cc4ccccc4)c3[nH]c2=O)c2ccc(C(=O)O)cc2)c(OC)c1. The van der Waals surface area contributed by atoms with Crippen molar-refractivity contribution in [3.05, 3.63) is 123 Å². The molecule has 4 aromatic carbocycles. The summed E-state index contributed by atoms with van der Waals surface area (Å²) in [7, 11) is 6.07. The van der Waals surface area contributed by atoms with Gasteiger partial charge in [0.2, 0.25) is 0 Å². The van der Waals surface area contributed by atoms with Crippen LogP contribution in [0.3, 0.4) is 0 Å². The number of nitrogens with one attached hydrogen (secondary N) is 1. The number of carbonyl (C=O) groups is 2. The number of aromatic carboxylic acids is 1. The largest absolute Gasteiger partial charge is 0.497 e. The maximum absolute atomic E-state index is 15.2. The molecular weight excluding hydrogens is 593 g/mol. The van der Waals surface area contributed by atoms with E-state index in [9.17, 15) is 19.5 Å². The molecule has 0 saturated heterocycles. The second-order valence-corrected chi connectivity index (χ2v) is 10.5. The number of H-pyrrole nitrogens is 1. The number of carboxylic acid groups (broad SMARTS) is 1. The average Bonchev–Trinajstić information content (AvgIpc) is 3.06. The Bertz CT molecular complexity index is 1960. The van der Waals surface area contributed by atoms with Crippen LogP contribution in [0.5, 0.6) is 17.2 Å². The van der Waals surface area contributed by atoms with Crippen LogP contribution in [0, 0.1) is 5.82 Å². The number of methoxy groups -OCH3 is 3. The lowest BCUT2D eigenvalue weighted by Gasteiger charge is -2.26. The van der Waals surface area contributed by atoms with Gasteiger partial charge in [0, 0.05) is 36.3 Å². The van der Waals surface area contributed by atoms with E-state index in [1.807, 2.05) is 30.3 Å². The van der Waals surface area contributed by atoms with Gasteiger partial charge in [-0.05, 0) is 54.1 Å². The lowest BCUT2D eigenvalue weighted by Crippen LogP contribution is -2.35. The first-order valence-corrected chi connectivity index (χ1v) is 14.2. The quantitative estimate of drug-likeness (QED) is 0.187. The van der Waals surface area contributed by atoms with Gasteiger partial charge in [-0.2, -0.15) is 0 Å². The monoisotopic (exact) mass is 625 g/mol.